The number of rotatable bonds is 4. The molecule has 0 saturated carbocycles. The molecule has 0 radical (unpaired) electrons. The first-order chi connectivity index (χ1) is 11.6. The summed E-state index contributed by atoms with van der Waals surface area (Å²) < 4.78 is 95.1. The molecule has 1 atom stereocenters. The second-order valence-electron chi connectivity index (χ2n) is 5.38. The Labute approximate surface area is 146 Å². The van der Waals surface area contributed by atoms with Crippen molar-refractivity contribution in [2.24, 2.45) is 10.3 Å². The lowest BCUT2D eigenvalue weighted by molar-refractivity contribution is -0.143. The lowest BCUT2D eigenvalue weighted by Gasteiger charge is -2.10. The standard InChI is InChI=1S/C8H4F6.C6H11NO4S/c9-7(10,11)5-2-1-3-6(4-5)8(12,13)14;1-4(2)3-5(6(8)9)7-12(10)11/h1-4H;4-5H,3H2,1-2H3,(H,8,9). The van der Waals surface area contributed by atoms with E-state index in [2.05, 4.69) is 4.36 Å². The van der Waals surface area contributed by atoms with Gasteiger partial charge in [0.05, 0.1) is 11.1 Å². The van der Waals surface area contributed by atoms with Gasteiger partial charge in [-0.3, -0.25) is 0 Å². The van der Waals surface area contributed by atoms with Crippen molar-refractivity contribution < 1.29 is 44.7 Å². The number of carboxylic acids is 1. The van der Waals surface area contributed by atoms with Crippen LogP contribution in [0.2, 0.25) is 0 Å². The van der Waals surface area contributed by atoms with E-state index in [9.17, 15) is 39.6 Å². The maximum atomic E-state index is 12.0. The van der Waals surface area contributed by atoms with Crippen LogP contribution >= 0.6 is 0 Å². The number of nitrogens with zero attached hydrogens (tertiary/aromatic N) is 1. The number of alkyl halides is 6. The van der Waals surface area contributed by atoms with E-state index in [1.165, 1.54) is 0 Å². The second-order valence-corrected chi connectivity index (χ2v) is 6.03. The van der Waals surface area contributed by atoms with Crippen LogP contribution in [0.25, 0.3) is 0 Å². The van der Waals surface area contributed by atoms with Gasteiger partial charge in [0.25, 0.3) is 0 Å². The van der Waals surface area contributed by atoms with Gasteiger partial charge in [-0.05, 0) is 30.5 Å². The molecule has 1 aromatic carbocycles. The predicted octanol–water partition coefficient (Wildman–Crippen LogP) is 4.27. The van der Waals surface area contributed by atoms with Gasteiger partial charge in [0.2, 0.25) is 0 Å². The monoisotopic (exact) mass is 407 g/mol. The summed E-state index contributed by atoms with van der Waals surface area (Å²) in [5, 5.41) is 8.50. The van der Waals surface area contributed by atoms with Gasteiger partial charge < -0.3 is 5.11 Å². The van der Waals surface area contributed by atoms with Crippen LogP contribution in [-0.4, -0.2) is 25.5 Å². The zero-order valence-corrected chi connectivity index (χ0v) is 14.3. The van der Waals surface area contributed by atoms with Crippen LogP contribution in [0.4, 0.5) is 26.3 Å². The largest absolute Gasteiger partial charge is 0.480 e. The zero-order valence-electron chi connectivity index (χ0n) is 13.5. The number of halogens is 6. The molecule has 0 amide bonds. The zero-order chi connectivity index (χ0) is 20.7. The molecule has 0 aliphatic carbocycles. The first-order valence-electron chi connectivity index (χ1n) is 6.92. The van der Waals surface area contributed by atoms with Crippen molar-refractivity contribution in [1.82, 2.24) is 0 Å². The lowest BCUT2D eigenvalue weighted by Crippen LogP contribution is -2.19. The quantitative estimate of drug-likeness (QED) is 0.756. The fraction of sp³-hybridized carbons (Fsp3) is 0.500. The fourth-order valence-electron chi connectivity index (χ4n) is 1.61. The molecule has 0 fully saturated rings. The van der Waals surface area contributed by atoms with E-state index >= 15 is 0 Å². The van der Waals surface area contributed by atoms with Crippen LogP contribution in [0.3, 0.4) is 0 Å². The highest BCUT2D eigenvalue weighted by molar-refractivity contribution is 7.61. The SMILES string of the molecule is CC(C)CC(N=S(=O)=O)C(=O)O.FC(F)(F)c1cccc(C(F)(F)F)c1. The fourth-order valence-corrected chi connectivity index (χ4v) is 2.00. The molecule has 1 N–H and O–H groups in total. The van der Waals surface area contributed by atoms with Crippen molar-refractivity contribution in [3.05, 3.63) is 35.4 Å². The van der Waals surface area contributed by atoms with Gasteiger partial charge in [0.1, 0.15) is 0 Å². The van der Waals surface area contributed by atoms with Crippen molar-refractivity contribution in [2.75, 3.05) is 0 Å². The number of hydrogen-bond donors (Lipinski definition) is 1. The van der Waals surface area contributed by atoms with Gasteiger partial charge in [0.15, 0.2) is 6.04 Å². The maximum Gasteiger partial charge on any atom is 0.416 e. The summed E-state index contributed by atoms with van der Waals surface area (Å²) in [6.45, 7) is 3.61. The Hall–Kier alpha value is -2.11. The minimum atomic E-state index is -4.75. The first-order valence-corrected chi connectivity index (χ1v) is 7.95. The van der Waals surface area contributed by atoms with Crippen molar-refractivity contribution in [2.45, 2.75) is 38.7 Å². The van der Waals surface area contributed by atoms with E-state index < -0.39 is 46.0 Å². The molecule has 148 valence electrons. The second kappa shape index (κ2) is 9.55. The molecule has 0 bridgehead atoms. The van der Waals surface area contributed by atoms with Gasteiger partial charge in [-0.2, -0.15) is 39.1 Å². The summed E-state index contributed by atoms with van der Waals surface area (Å²) in [5.74, 6) is -1.09. The predicted molar refractivity (Wildman–Crippen MR) is 78.7 cm³/mol. The topological polar surface area (TPSA) is 83.8 Å². The lowest BCUT2D eigenvalue weighted by atomic mass is 10.1. The Kier molecular flexibility index (Phi) is 8.77. The van der Waals surface area contributed by atoms with Crippen LogP contribution in [0.5, 0.6) is 0 Å². The van der Waals surface area contributed by atoms with E-state index in [4.69, 9.17) is 5.11 Å². The molecule has 12 heteroatoms. The molecular weight excluding hydrogens is 392 g/mol. The van der Waals surface area contributed by atoms with Gasteiger partial charge in [-0.1, -0.05) is 19.9 Å². The Morgan fingerprint density at radius 1 is 1.08 bits per heavy atom. The molecule has 0 aromatic heterocycles. The normalized spacial score (nSPS) is 12.8. The van der Waals surface area contributed by atoms with Crippen LogP contribution in [0, 0.1) is 5.92 Å². The summed E-state index contributed by atoms with van der Waals surface area (Å²) in [7, 11) is -2.64. The molecule has 0 spiro atoms. The molecule has 26 heavy (non-hydrogen) atoms. The van der Waals surface area contributed by atoms with Gasteiger partial charge >= 0.3 is 28.8 Å². The van der Waals surface area contributed by atoms with Crippen LogP contribution in [-0.2, 0) is 27.6 Å². The molecule has 5 nitrogen and oxygen atoms in total. The van der Waals surface area contributed by atoms with Crippen molar-refractivity contribution in [1.29, 1.82) is 0 Å². The van der Waals surface area contributed by atoms with Crippen LogP contribution < -0.4 is 0 Å². The van der Waals surface area contributed by atoms with E-state index in [0.717, 1.165) is 6.07 Å². The first kappa shape index (κ1) is 23.9. The van der Waals surface area contributed by atoms with Crippen LogP contribution in [0.1, 0.15) is 31.4 Å². The molecule has 0 aliphatic heterocycles. The van der Waals surface area contributed by atoms with Gasteiger partial charge in [0, 0.05) is 0 Å². The molecule has 0 saturated heterocycles. The average Bonchev–Trinajstić information content (AvgIpc) is 2.44. The third-order valence-corrected chi connectivity index (χ3v) is 3.14. The summed E-state index contributed by atoms with van der Waals surface area (Å²) in [5.41, 5.74) is -2.60. The minimum absolute atomic E-state index is 0.0833. The molecule has 0 aliphatic rings. The third kappa shape index (κ3) is 9.39. The van der Waals surface area contributed by atoms with E-state index in [1.807, 2.05) is 0 Å². The van der Waals surface area contributed by atoms with E-state index in [-0.39, 0.29) is 18.4 Å². The Morgan fingerprint density at radius 3 is 1.77 bits per heavy atom. The minimum Gasteiger partial charge on any atom is -0.480 e. The molecule has 1 aromatic rings. The number of carbonyl (C=O) groups is 1. The summed E-state index contributed by atoms with van der Waals surface area (Å²) in [6.07, 6.45) is -9.26. The average molecular weight is 407 g/mol. The molecular formula is C14H15F6NO4S. The van der Waals surface area contributed by atoms with E-state index in [1.54, 1.807) is 13.8 Å². The number of hydrogen-bond acceptors (Lipinski definition) is 4. The Bertz CT molecular complexity index is 703. The van der Waals surface area contributed by atoms with Crippen molar-refractivity contribution >= 4 is 16.5 Å². The molecule has 1 rings (SSSR count). The highest BCUT2D eigenvalue weighted by Crippen LogP contribution is 2.34. The number of carboxylic acid groups (broad SMARTS) is 1. The Balaban J connectivity index is 0.000000488. The number of benzene rings is 1. The van der Waals surface area contributed by atoms with Crippen LogP contribution in [0.15, 0.2) is 28.6 Å². The van der Waals surface area contributed by atoms with E-state index in [0.29, 0.717) is 12.1 Å². The smallest absolute Gasteiger partial charge is 0.416 e. The van der Waals surface area contributed by atoms with Gasteiger partial charge in [-0.15, -0.1) is 0 Å². The highest BCUT2D eigenvalue weighted by atomic mass is 32.2. The van der Waals surface area contributed by atoms with Crippen molar-refractivity contribution in [3.63, 3.8) is 0 Å². The Morgan fingerprint density at radius 2 is 1.50 bits per heavy atom. The van der Waals surface area contributed by atoms with Crippen molar-refractivity contribution in [3.8, 4) is 0 Å². The third-order valence-electron chi connectivity index (χ3n) is 2.71. The molecule has 0 heterocycles. The summed E-state index contributed by atoms with van der Waals surface area (Å²) in [6, 6.07) is 0.860. The number of aliphatic carboxylic acids is 1. The summed E-state index contributed by atoms with van der Waals surface area (Å²) >= 11 is 0. The van der Waals surface area contributed by atoms with Gasteiger partial charge in [-0.25, -0.2) is 4.79 Å². The highest BCUT2D eigenvalue weighted by Gasteiger charge is 2.35. The maximum absolute atomic E-state index is 12.0. The summed E-state index contributed by atoms with van der Waals surface area (Å²) in [4.78, 5) is 10.4. The molecule has 1 unspecified atom stereocenters.